The Hall–Kier alpha value is -0.900. The lowest BCUT2D eigenvalue weighted by Gasteiger charge is -2.24. The van der Waals surface area contributed by atoms with Crippen molar-refractivity contribution < 1.29 is 4.74 Å². The standard InChI is InChI=1S/C13H20N2OS/c1-10(2)16-13-12(6-3-7-14-13)15-11-5-4-8-17-9-11/h3,6-7,10-11,15H,4-5,8-9H2,1-2H3. The number of hydrogen-bond acceptors (Lipinski definition) is 4. The van der Waals surface area contributed by atoms with E-state index >= 15 is 0 Å². The van der Waals surface area contributed by atoms with Gasteiger partial charge in [-0.2, -0.15) is 11.8 Å². The van der Waals surface area contributed by atoms with E-state index in [1.165, 1.54) is 24.3 Å². The van der Waals surface area contributed by atoms with E-state index in [1.54, 1.807) is 6.20 Å². The summed E-state index contributed by atoms with van der Waals surface area (Å²) in [6, 6.07) is 4.54. The van der Waals surface area contributed by atoms with Crippen molar-refractivity contribution >= 4 is 17.4 Å². The minimum Gasteiger partial charge on any atom is -0.473 e. The van der Waals surface area contributed by atoms with E-state index in [-0.39, 0.29) is 6.10 Å². The van der Waals surface area contributed by atoms with Crippen molar-refractivity contribution in [2.45, 2.75) is 38.8 Å². The fraction of sp³-hybridized carbons (Fsp3) is 0.615. The van der Waals surface area contributed by atoms with Crippen molar-refractivity contribution in [3.05, 3.63) is 18.3 Å². The zero-order valence-electron chi connectivity index (χ0n) is 10.5. The van der Waals surface area contributed by atoms with Crippen molar-refractivity contribution in [2.24, 2.45) is 0 Å². The van der Waals surface area contributed by atoms with Crippen LogP contribution in [0.1, 0.15) is 26.7 Å². The third-order valence-electron chi connectivity index (χ3n) is 2.64. The highest BCUT2D eigenvalue weighted by Crippen LogP contribution is 2.26. The van der Waals surface area contributed by atoms with Gasteiger partial charge in [0.05, 0.1) is 11.8 Å². The summed E-state index contributed by atoms with van der Waals surface area (Å²) in [5, 5.41) is 3.55. The average molecular weight is 252 g/mol. The first-order valence-electron chi connectivity index (χ1n) is 6.21. The Morgan fingerprint density at radius 2 is 2.41 bits per heavy atom. The summed E-state index contributed by atoms with van der Waals surface area (Å²) in [5.41, 5.74) is 1.02. The summed E-state index contributed by atoms with van der Waals surface area (Å²) in [4.78, 5) is 4.29. The van der Waals surface area contributed by atoms with Crippen LogP contribution >= 0.6 is 11.8 Å². The quantitative estimate of drug-likeness (QED) is 0.892. The molecule has 1 aliphatic rings. The van der Waals surface area contributed by atoms with Crippen LogP contribution < -0.4 is 10.1 Å². The van der Waals surface area contributed by atoms with Gasteiger partial charge in [-0.1, -0.05) is 0 Å². The molecule has 1 aromatic heterocycles. The molecule has 0 spiro atoms. The molecular weight excluding hydrogens is 232 g/mol. The highest BCUT2D eigenvalue weighted by molar-refractivity contribution is 7.99. The monoisotopic (exact) mass is 252 g/mol. The first kappa shape index (κ1) is 12.6. The SMILES string of the molecule is CC(C)Oc1ncccc1NC1CCCSC1. The van der Waals surface area contributed by atoms with Crippen molar-refractivity contribution in [1.82, 2.24) is 4.98 Å². The smallest absolute Gasteiger partial charge is 0.237 e. The molecule has 1 aliphatic heterocycles. The predicted octanol–water partition coefficient (Wildman–Crippen LogP) is 3.18. The number of thioether (sulfide) groups is 1. The molecule has 0 aromatic carbocycles. The molecule has 1 atom stereocenters. The van der Waals surface area contributed by atoms with E-state index in [9.17, 15) is 0 Å². The molecule has 17 heavy (non-hydrogen) atoms. The Labute approximate surface area is 107 Å². The predicted molar refractivity (Wildman–Crippen MR) is 74.0 cm³/mol. The van der Waals surface area contributed by atoms with Gasteiger partial charge < -0.3 is 10.1 Å². The van der Waals surface area contributed by atoms with Crippen LogP contribution in [0.4, 0.5) is 5.69 Å². The van der Waals surface area contributed by atoms with Crippen LogP contribution in [0.2, 0.25) is 0 Å². The molecule has 3 nitrogen and oxygen atoms in total. The second kappa shape index (κ2) is 6.15. The number of anilines is 1. The Morgan fingerprint density at radius 3 is 3.12 bits per heavy atom. The highest BCUT2D eigenvalue weighted by atomic mass is 32.2. The number of hydrogen-bond donors (Lipinski definition) is 1. The lowest BCUT2D eigenvalue weighted by molar-refractivity contribution is 0.234. The van der Waals surface area contributed by atoms with Crippen LogP contribution in [-0.2, 0) is 0 Å². The minimum atomic E-state index is 0.159. The molecule has 94 valence electrons. The molecule has 1 aromatic rings. The maximum Gasteiger partial charge on any atom is 0.237 e. The van der Waals surface area contributed by atoms with Crippen LogP contribution in [0.3, 0.4) is 0 Å². The van der Waals surface area contributed by atoms with E-state index in [2.05, 4.69) is 10.3 Å². The topological polar surface area (TPSA) is 34.1 Å². The molecule has 0 saturated carbocycles. The number of rotatable bonds is 4. The molecule has 1 saturated heterocycles. The third-order valence-corrected chi connectivity index (χ3v) is 3.85. The Balaban J connectivity index is 2.03. The summed E-state index contributed by atoms with van der Waals surface area (Å²) >= 11 is 2.02. The van der Waals surface area contributed by atoms with Crippen molar-refractivity contribution in [1.29, 1.82) is 0 Å². The van der Waals surface area contributed by atoms with Crippen molar-refractivity contribution in [2.75, 3.05) is 16.8 Å². The molecule has 2 heterocycles. The van der Waals surface area contributed by atoms with E-state index in [1.807, 2.05) is 37.7 Å². The second-order valence-corrected chi connectivity index (χ2v) is 5.73. The Bertz CT molecular complexity index is 351. The van der Waals surface area contributed by atoms with Crippen LogP contribution in [0.25, 0.3) is 0 Å². The summed E-state index contributed by atoms with van der Waals surface area (Å²) in [6.45, 7) is 4.05. The number of ether oxygens (including phenoxy) is 1. The largest absolute Gasteiger partial charge is 0.473 e. The zero-order chi connectivity index (χ0) is 12.1. The fourth-order valence-electron chi connectivity index (χ4n) is 1.89. The van der Waals surface area contributed by atoms with Gasteiger partial charge in [-0.15, -0.1) is 0 Å². The van der Waals surface area contributed by atoms with Crippen molar-refractivity contribution in [3.8, 4) is 5.88 Å². The van der Waals surface area contributed by atoms with Gasteiger partial charge in [0.2, 0.25) is 5.88 Å². The van der Waals surface area contributed by atoms with Crippen LogP contribution in [0.5, 0.6) is 5.88 Å². The summed E-state index contributed by atoms with van der Waals surface area (Å²) in [6.07, 6.45) is 4.47. The van der Waals surface area contributed by atoms with Gasteiger partial charge in [0.15, 0.2) is 0 Å². The van der Waals surface area contributed by atoms with Crippen LogP contribution in [0, 0.1) is 0 Å². The van der Waals surface area contributed by atoms with Gasteiger partial charge in [0.25, 0.3) is 0 Å². The van der Waals surface area contributed by atoms with Crippen LogP contribution in [0.15, 0.2) is 18.3 Å². The average Bonchev–Trinajstić information content (AvgIpc) is 2.32. The molecule has 2 rings (SSSR count). The lowest BCUT2D eigenvalue weighted by Crippen LogP contribution is -2.26. The number of nitrogens with zero attached hydrogens (tertiary/aromatic N) is 1. The summed E-state index contributed by atoms with van der Waals surface area (Å²) < 4.78 is 5.71. The molecule has 1 fully saturated rings. The van der Waals surface area contributed by atoms with E-state index in [0.717, 1.165) is 11.6 Å². The van der Waals surface area contributed by atoms with Gasteiger partial charge in [0, 0.05) is 18.0 Å². The first-order valence-corrected chi connectivity index (χ1v) is 7.37. The van der Waals surface area contributed by atoms with Crippen LogP contribution in [-0.4, -0.2) is 28.6 Å². The first-order chi connectivity index (χ1) is 8.25. The summed E-state index contributed by atoms with van der Waals surface area (Å²) in [5.74, 6) is 3.19. The molecule has 0 aliphatic carbocycles. The number of nitrogens with one attached hydrogen (secondary N) is 1. The van der Waals surface area contributed by atoms with Gasteiger partial charge in [-0.25, -0.2) is 4.98 Å². The minimum absolute atomic E-state index is 0.159. The molecule has 1 unspecified atom stereocenters. The molecular formula is C13H20N2OS. The van der Waals surface area contributed by atoms with Gasteiger partial charge in [0.1, 0.15) is 0 Å². The van der Waals surface area contributed by atoms with Crippen molar-refractivity contribution in [3.63, 3.8) is 0 Å². The number of aromatic nitrogens is 1. The Kier molecular flexibility index (Phi) is 4.54. The highest BCUT2D eigenvalue weighted by Gasteiger charge is 2.15. The fourth-order valence-corrected chi connectivity index (χ4v) is 2.96. The van der Waals surface area contributed by atoms with E-state index in [4.69, 9.17) is 4.74 Å². The lowest BCUT2D eigenvalue weighted by atomic mass is 10.2. The molecule has 0 amide bonds. The maximum atomic E-state index is 5.71. The maximum absolute atomic E-state index is 5.71. The van der Waals surface area contributed by atoms with Gasteiger partial charge >= 0.3 is 0 Å². The third kappa shape index (κ3) is 3.80. The van der Waals surface area contributed by atoms with E-state index in [0.29, 0.717) is 6.04 Å². The van der Waals surface area contributed by atoms with Gasteiger partial charge in [-0.3, -0.25) is 0 Å². The normalized spacial score (nSPS) is 20.3. The van der Waals surface area contributed by atoms with Gasteiger partial charge in [-0.05, 0) is 44.6 Å². The zero-order valence-corrected chi connectivity index (χ0v) is 11.3. The molecule has 0 bridgehead atoms. The Morgan fingerprint density at radius 1 is 1.53 bits per heavy atom. The summed E-state index contributed by atoms with van der Waals surface area (Å²) in [7, 11) is 0. The second-order valence-electron chi connectivity index (χ2n) is 4.58. The van der Waals surface area contributed by atoms with E-state index < -0.39 is 0 Å². The number of pyridine rings is 1. The molecule has 0 radical (unpaired) electrons. The molecule has 1 N–H and O–H groups in total. The molecule has 4 heteroatoms.